The lowest BCUT2D eigenvalue weighted by molar-refractivity contribution is 0.0723. The maximum Gasteiger partial charge on any atom is 0.294 e. The third kappa shape index (κ3) is 2.34. The molecule has 24 heavy (non-hydrogen) atoms. The molecule has 124 valence electrons. The third-order valence-electron chi connectivity index (χ3n) is 4.43. The van der Waals surface area contributed by atoms with Crippen molar-refractivity contribution < 1.29 is 4.79 Å². The summed E-state index contributed by atoms with van der Waals surface area (Å²) < 4.78 is 3.38. The third-order valence-corrected chi connectivity index (χ3v) is 4.43. The van der Waals surface area contributed by atoms with Crippen LogP contribution in [0.3, 0.4) is 0 Å². The van der Waals surface area contributed by atoms with Crippen LogP contribution in [0, 0.1) is 13.8 Å². The fraction of sp³-hybridized carbons (Fsp3) is 0.438. The molecule has 0 spiro atoms. The Morgan fingerprint density at radius 2 is 2.12 bits per heavy atom. The molecule has 1 amide bonds. The quantitative estimate of drug-likeness (QED) is 0.712. The van der Waals surface area contributed by atoms with Crippen molar-refractivity contribution >= 4 is 11.7 Å². The lowest BCUT2D eigenvalue weighted by Gasteiger charge is -2.22. The van der Waals surface area contributed by atoms with E-state index in [1.54, 1.807) is 9.20 Å². The fourth-order valence-electron chi connectivity index (χ4n) is 3.35. The molecule has 0 saturated carbocycles. The van der Waals surface area contributed by atoms with E-state index < -0.39 is 0 Å². The topological polar surface area (TPSA) is 81.2 Å². The van der Waals surface area contributed by atoms with Crippen molar-refractivity contribution in [2.45, 2.75) is 32.7 Å². The van der Waals surface area contributed by atoms with Crippen molar-refractivity contribution in [2.24, 2.45) is 7.05 Å². The summed E-state index contributed by atoms with van der Waals surface area (Å²) >= 11 is 0. The molecule has 1 aliphatic rings. The molecule has 4 rings (SSSR count). The Morgan fingerprint density at radius 3 is 2.88 bits per heavy atom. The van der Waals surface area contributed by atoms with Crippen LogP contribution in [0.2, 0.25) is 0 Å². The van der Waals surface area contributed by atoms with E-state index in [2.05, 4.69) is 20.2 Å². The van der Waals surface area contributed by atoms with E-state index in [-0.39, 0.29) is 17.8 Å². The number of carbonyl (C=O) groups is 1. The predicted molar refractivity (Wildman–Crippen MR) is 86.5 cm³/mol. The van der Waals surface area contributed by atoms with Gasteiger partial charge in [0.2, 0.25) is 5.82 Å². The average Bonchev–Trinajstić information content (AvgIpc) is 3.23. The number of rotatable bonds is 2. The number of amides is 1. The minimum absolute atomic E-state index is 0.0357. The normalized spacial score (nSPS) is 17.8. The van der Waals surface area contributed by atoms with Crippen LogP contribution in [0.1, 0.15) is 46.5 Å². The summed E-state index contributed by atoms with van der Waals surface area (Å²) in [4.78, 5) is 23.5. The molecule has 3 aromatic rings. The van der Waals surface area contributed by atoms with E-state index in [0.29, 0.717) is 12.3 Å². The first kappa shape index (κ1) is 14.8. The Balaban J connectivity index is 1.69. The number of aryl methyl sites for hydroxylation is 3. The highest BCUT2D eigenvalue weighted by atomic mass is 16.2. The summed E-state index contributed by atoms with van der Waals surface area (Å²) in [5, 5.41) is 8.58. The second-order valence-corrected chi connectivity index (χ2v) is 6.29. The highest BCUT2D eigenvalue weighted by Crippen LogP contribution is 2.32. The van der Waals surface area contributed by atoms with Gasteiger partial charge in [0.15, 0.2) is 0 Å². The number of carbonyl (C=O) groups excluding carboxylic acids is 1. The van der Waals surface area contributed by atoms with E-state index in [1.165, 1.54) is 0 Å². The maximum absolute atomic E-state index is 12.9. The van der Waals surface area contributed by atoms with Gasteiger partial charge in [-0.1, -0.05) is 0 Å². The molecular weight excluding hydrogens is 306 g/mol. The Labute approximate surface area is 139 Å². The van der Waals surface area contributed by atoms with Gasteiger partial charge in [-0.25, -0.2) is 9.50 Å². The zero-order valence-electron chi connectivity index (χ0n) is 14.0. The van der Waals surface area contributed by atoms with Gasteiger partial charge in [0.05, 0.1) is 12.2 Å². The largest absolute Gasteiger partial charge is 0.329 e. The monoisotopic (exact) mass is 325 g/mol. The van der Waals surface area contributed by atoms with E-state index in [1.807, 2.05) is 44.3 Å². The first-order valence-electron chi connectivity index (χ1n) is 8.03. The van der Waals surface area contributed by atoms with Gasteiger partial charge in [0, 0.05) is 36.7 Å². The minimum Gasteiger partial charge on any atom is -0.329 e. The minimum atomic E-state index is -0.149. The molecule has 8 nitrogen and oxygen atoms in total. The summed E-state index contributed by atoms with van der Waals surface area (Å²) in [5.74, 6) is 0.517. The van der Waals surface area contributed by atoms with Crippen LogP contribution >= 0.6 is 0 Å². The molecular formula is C16H19N7O. The van der Waals surface area contributed by atoms with Gasteiger partial charge < -0.3 is 4.90 Å². The van der Waals surface area contributed by atoms with E-state index in [0.717, 1.165) is 29.8 Å². The molecule has 1 aliphatic heterocycles. The molecule has 0 N–H and O–H groups in total. The summed E-state index contributed by atoms with van der Waals surface area (Å²) in [7, 11) is 1.88. The Bertz CT molecular complexity index is 926. The molecule has 0 aliphatic carbocycles. The lowest BCUT2D eigenvalue weighted by atomic mass is 10.1. The Hall–Kier alpha value is -2.77. The first-order chi connectivity index (χ1) is 11.5. The number of aromatic nitrogens is 6. The fourth-order valence-corrected chi connectivity index (χ4v) is 3.35. The highest BCUT2D eigenvalue weighted by Gasteiger charge is 2.33. The molecule has 3 aromatic heterocycles. The SMILES string of the molecule is Cc1cc(C)n2nc(C(=O)N3CCC[C@@H]3c3cnn(C)c3)nc2n1. The molecule has 1 fully saturated rings. The Morgan fingerprint density at radius 1 is 1.29 bits per heavy atom. The average molecular weight is 325 g/mol. The second-order valence-electron chi connectivity index (χ2n) is 6.29. The van der Waals surface area contributed by atoms with E-state index in [4.69, 9.17) is 0 Å². The molecule has 4 heterocycles. The van der Waals surface area contributed by atoms with Gasteiger partial charge in [-0.15, -0.1) is 5.10 Å². The summed E-state index contributed by atoms with van der Waals surface area (Å²) in [6.45, 7) is 4.54. The van der Waals surface area contributed by atoms with E-state index >= 15 is 0 Å². The van der Waals surface area contributed by atoms with Crippen LogP contribution in [0.25, 0.3) is 5.78 Å². The van der Waals surface area contributed by atoms with E-state index in [9.17, 15) is 4.79 Å². The van der Waals surface area contributed by atoms with Crippen LogP contribution < -0.4 is 0 Å². The van der Waals surface area contributed by atoms with Crippen molar-refractivity contribution in [3.63, 3.8) is 0 Å². The highest BCUT2D eigenvalue weighted by molar-refractivity contribution is 5.91. The smallest absolute Gasteiger partial charge is 0.294 e. The van der Waals surface area contributed by atoms with Gasteiger partial charge in [-0.2, -0.15) is 10.1 Å². The number of likely N-dealkylation sites (tertiary alicyclic amines) is 1. The zero-order chi connectivity index (χ0) is 16.8. The molecule has 0 unspecified atom stereocenters. The maximum atomic E-state index is 12.9. The molecule has 0 aromatic carbocycles. The predicted octanol–water partition coefficient (Wildman–Crippen LogP) is 1.45. The second kappa shape index (κ2) is 5.40. The standard InChI is InChI=1S/C16H19N7O/c1-10-7-11(2)23-16(18-10)19-14(20-23)15(24)22-6-4-5-13(22)12-8-17-21(3)9-12/h7-9,13H,4-6H2,1-3H3/t13-/m1/s1. The van der Waals surface area contributed by atoms with Crippen molar-refractivity contribution in [3.05, 3.63) is 41.2 Å². The summed E-state index contributed by atoms with van der Waals surface area (Å²) in [6, 6.07) is 1.96. The van der Waals surface area contributed by atoms with Crippen LogP contribution in [0.4, 0.5) is 0 Å². The molecule has 1 saturated heterocycles. The van der Waals surface area contributed by atoms with Crippen LogP contribution in [-0.2, 0) is 7.05 Å². The lowest BCUT2D eigenvalue weighted by Crippen LogP contribution is -2.31. The first-order valence-corrected chi connectivity index (χ1v) is 8.03. The molecule has 0 radical (unpaired) electrons. The van der Waals surface area contributed by atoms with Crippen molar-refractivity contribution in [3.8, 4) is 0 Å². The van der Waals surface area contributed by atoms with Gasteiger partial charge >= 0.3 is 0 Å². The zero-order valence-corrected chi connectivity index (χ0v) is 14.0. The number of hydrogen-bond donors (Lipinski definition) is 0. The van der Waals surface area contributed by atoms with Crippen LogP contribution in [0.15, 0.2) is 18.5 Å². The molecule has 1 atom stereocenters. The van der Waals surface area contributed by atoms with Crippen molar-refractivity contribution in [2.75, 3.05) is 6.54 Å². The van der Waals surface area contributed by atoms with Gasteiger partial charge in [-0.3, -0.25) is 9.48 Å². The number of fused-ring (bicyclic) bond motifs is 1. The Kier molecular flexibility index (Phi) is 3.33. The van der Waals surface area contributed by atoms with Crippen molar-refractivity contribution in [1.29, 1.82) is 0 Å². The number of hydrogen-bond acceptors (Lipinski definition) is 5. The summed E-state index contributed by atoms with van der Waals surface area (Å²) in [5.41, 5.74) is 2.83. The van der Waals surface area contributed by atoms with Gasteiger partial charge in [0.1, 0.15) is 0 Å². The molecule has 0 bridgehead atoms. The number of nitrogens with zero attached hydrogens (tertiary/aromatic N) is 7. The van der Waals surface area contributed by atoms with Crippen LogP contribution in [0.5, 0.6) is 0 Å². The van der Waals surface area contributed by atoms with Gasteiger partial charge in [0.25, 0.3) is 11.7 Å². The molecule has 8 heteroatoms. The van der Waals surface area contributed by atoms with Gasteiger partial charge in [-0.05, 0) is 32.8 Å². The van der Waals surface area contributed by atoms with Crippen molar-refractivity contribution in [1.82, 2.24) is 34.3 Å². The van der Waals surface area contributed by atoms with Crippen LogP contribution in [-0.4, -0.2) is 46.7 Å². The summed E-state index contributed by atoms with van der Waals surface area (Å²) in [6.07, 6.45) is 5.68.